The van der Waals surface area contributed by atoms with Gasteiger partial charge in [-0.05, 0) is 36.6 Å². The normalized spacial score (nSPS) is 16.6. The summed E-state index contributed by atoms with van der Waals surface area (Å²) in [5.74, 6) is 1.07. The smallest absolute Gasteiger partial charge is 0.343 e. The van der Waals surface area contributed by atoms with Gasteiger partial charge in [-0.3, -0.25) is 0 Å². The molecule has 1 saturated heterocycles. The summed E-state index contributed by atoms with van der Waals surface area (Å²) in [7, 11) is 2.83. The topological polar surface area (TPSA) is 63.7 Å². The SMILES string of the molecule is COC(=O)c1ccc(NCC2CCN(c3ccccc3)C2)nc1OC. The lowest BCUT2D eigenvalue weighted by atomic mass is 10.1. The Morgan fingerprint density at radius 1 is 1.24 bits per heavy atom. The Balaban J connectivity index is 1.58. The minimum absolute atomic E-state index is 0.272. The molecule has 2 heterocycles. The standard InChI is InChI=1S/C19H23N3O3/c1-24-18-16(19(23)25-2)8-9-17(21-18)20-12-14-10-11-22(13-14)15-6-4-3-5-7-15/h3-9,14H,10-13H2,1-2H3,(H,20,21). The van der Waals surface area contributed by atoms with Crippen LogP contribution in [0.15, 0.2) is 42.5 Å². The third kappa shape index (κ3) is 4.02. The molecule has 0 saturated carbocycles. The molecule has 0 bridgehead atoms. The molecule has 0 spiro atoms. The van der Waals surface area contributed by atoms with Gasteiger partial charge in [0.1, 0.15) is 11.4 Å². The van der Waals surface area contributed by atoms with Crippen molar-refractivity contribution in [3.05, 3.63) is 48.0 Å². The molecular weight excluding hydrogens is 318 g/mol. The van der Waals surface area contributed by atoms with Crippen LogP contribution in [0.1, 0.15) is 16.8 Å². The van der Waals surface area contributed by atoms with Gasteiger partial charge in [0, 0.05) is 25.3 Å². The third-order valence-corrected chi connectivity index (χ3v) is 4.44. The molecule has 1 aromatic carbocycles. The highest BCUT2D eigenvalue weighted by atomic mass is 16.5. The van der Waals surface area contributed by atoms with E-state index in [-0.39, 0.29) is 5.88 Å². The zero-order chi connectivity index (χ0) is 17.6. The summed E-state index contributed by atoms with van der Waals surface area (Å²) < 4.78 is 9.92. The Morgan fingerprint density at radius 2 is 2.04 bits per heavy atom. The number of nitrogens with zero attached hydrogens (tertiary/aromatic N) is 2. The molecule has 0 aliphatic carbocycles. The van der Waals surface area contributed by atoms with Gasteiger partial charge < -0.3 is 19.7 Å². The number of para-hydroxylation sites is 1. The van der Waals surface area contributed by atoms with Gasteiger partial charge in [0.05, 0.1) is 14.2 Å². The molecule has 2 aromatic rings. The van der Waals surface area contributed by atoms with Crippen LogP contribution in [0.25, 0.3) is 0 Å². The van der Waals surface area contributed by atoms with Crippen molar-refractivity contribution in [2.75, 3.05) is 44.1 Å². The van der Waals surface area contributed by atoms with E-state index in [1.165, 1.54) is 19.9 Å². The molecule has 1 aromatic heterocycles. The molecule has 1 atom stereocenters. The summed E-state index contributed by atoms with van der Waals surface area (Å²) in [6, 6.07) is 13.9. The van der Waals surface area contributed by atoms with Gasteiger partial charge in [-0.2, -0.15) is 4.98 Å². The number of carbonyl (C=O) groups is 1. The van der Waals surface area contributed by atoms with Crippen molar-refractivity contribution in [2.24, 2.45) is 5.92 Å². The molecule has 6 nitrogen and oxygen atoms in total. The number of carbonyl (C=O) groups excluding carboxylic acids is 1. The van der Waals surface area contributed by atoms with E-state index in [1.54, 1.807) is 12.1 Å². The van der Waals surface area contributed by atoms with Crippen LogP contribution in [0.5, 0.6) is 5.88 Å². The van der Waals surface area contributed by atoms with Crippen LogP contribution in [0, 0.1) is 5.92 Å². The number of anilines is 2. The number of benzene rings is 1. The molecule has 1 unspecified atom stereocenters. The highest BCUT2D eigenvalue weighted by Crippen LogP contribution is 2.24. The van der Waals surface area contributed by atoms with Crippen molar-refractivity contribution < 1.29 is 14.3 Å². The summed E-state index contributed by atoms with van der Waals surface area (Å²) in [6.07, 6.45) is 1.14. The molecule has 25 heavy (non-hydrogen) atoms. The minimum Gasteiger partial charge on any atom is -0.480 e. The first-order valence-corrected chi connectivity index (χ1v) is 8.38. The van der Waals surface area contributed by atoms with Gasteiger partial charge >= 0.3 is 5.97 Å². The molecule has 6 heteroatoms. The van der Waals surface area contributed by atoms with Crippen LogP contribution >= 0.6 is 0 Å². The minimum atomic E-state index is -0.454. The van der Waals surface area contributed by atoms with E-state index < -0.39 is 5.97 Å². The number of hydrogen-bond donors (Lipinski definition) is 1. The number of hydrogen-bond acceptors (Lipinski definition) is 6. The van der Waals surface area contributed by atoms with E-state index in [2.05, 4.69) is 39.5 Å². The monoisotopic (exact) mass is 341 g/mol. The second kappa shape index (κ2) is 7.88. The van der Waals surface area contributed by atoms with Crippen LogP contribution in [0.3, 0.4) is 0 Å². The average Bonchev–Trinajstić information content (AvgIpc) is 3.15. The van der Waals surface area contributed by atoms with Crippen molar-refractivity contribution in [2.45, 2.75) is 6.42 Å². The molecule has 3 rings (SSSR count). The Labute approximate surface area is 147 Å². The molecular formula is C19H23N3O3. The number of pyridine rings is 1. The Bertz CT molecular complexity index is 721. The fourth-order valence-corrected chi connectivity index (χ4v) is 3.08. The van der Waals surface area contributed by atoms with E-state index in [0.717, 1.165) is 26.1 Å². The second-order valence-electron chi connectivity index (χ2n) is 6.06. The summed E-state index contributed by atoms with van der Waals surface area (Å²) in [5, 5.41) is 3.35. The first-order valence-electron chi connectivity index (χ1n) is 8.38. The lowest BCUT2D eigenvalue weighted by Crippen LogP contribution is -2.22. The van der Waals surface area contributed by atoms with Crippen LogP contribution < -0.4 is 15.0 Å². The van der Waals surface area contributed by atoms with Gasteiger partial charge in [-0.15, -0.1) is 0 Å². The molecule has 1 aliphatic heterocycles. The Hall–Kier alpha value is -2.76. The highest BCUT2D eigenvalue weighted by Gasteiger charge is 2.22. The number of ether oxygens (including phenoxy) is 2. The average molecular weight is 341 g/mol. The number of aromatic nitrogens is 1. The Morgan fingerprint density at radius 3 is 2.76 bits per heavy atom. The maximum atomic E-state index is 11.7. The van der Waals surface area contributed by atoms with Crippen LogP contribution in [-0.2, 0) is 4.74 Å². The van der Waals surface area contributed by atoms with Gasteiger partial charge in [-0.25, -0.2) is 4.79 Å². The fraction of sp³-hybridized carbons (Fsp3) is 0.368. The number of nitrogens with one attached hydrogen (secondary N) is 1. The lowest BCUT2D eigenvalue weighted by Gasteiger charge is -2.19. The van der Waals surface area contributed by atoms with E-state index >= 15 is 0 Å². The molecule has 0 radical (unpaired) electrons. The maximum absolute atomic E-state index is 11.7. The third-order valence-electron chi connectivity index (χ3n) is 4.44. The highest BCUT2D eigenvalue weighted by molar-refractivity contribution is 5.92. The van der Waals surface area contributed by atoms with E-state index in [9.17, 15) is 4.79 Å². The molecule has 1 N–H and O–H groups in total. The van der Waals surface area contributed by atoms with Crippen molar-refractivity contribution in [3.8, 4) is 5.88 Å². The fourth-order valence-electron chi connectivity index (χ4n) is 3.08. The molecule has 132 valence electrons. The van der Waals surface area contributed by atoms with Gasteiger partial charge in [0.2, 0.25) is 5.88 Å². The van der Waals surface area contributed by atoms with Gasteiger partial charge in [0.15, 0.2) is 0 Å². The van der Waals surface area contributed by atoms with Crippen molar-refractivity contribution in [1.29, 1.82) is 0 Å². The number of esters is 1. The zero-order valence-electron chi connectivity index (χ0n) is 14.6. The molecule has 1 fully saturated rings. The second-order valence-corrected chi connectivity index (χ2v) is 6.06. The van der Waals surface area contributed by atoms with Crippen LogP contribution in [-0.4, -0.2) is 44.8 Å². The van der Waals surface area contributed by atoms with E-state index in [1.807, 2.05) is 6.07 Å². The largest absolute Gasteiger partial charge is 0.480 e. The van der Waals surface area contributed by atoms with Crippen molar-refractivity contribution in [1.82, 2.24) is 4.98 Å². The quantitative estimate of drug-likeness (QED) is 0.815. The molecule has 1 aliphatic rings. The van der Waals surface area contributed by atoms with Crippen LogP contribution in [0.2, 0.25) is 0 Å². The van der Waals surface area contributed by atoms with Gasteiger partial charge in [0.25, 0.3) is 0 Å². The summed E-state index contributed by atoms with van der Waals surface area (Å²) in [5.41, 5.74) is 1.60. The summed E-state index contributed by atoms with van der Waals surface area (Å²) >= 11 is 0. The van der Waals surface area contributed by atoms with E-state index in [4.69, 9.17) is 9.47 Å². The summed E-state index contributed by atoms with van der Waals surface area (Å²) in [4.78, 5) is 18.4. The molecule has 0 amide bonds. The zero-order valence-corrected chi connectivity index (χ0v) is 14.6. The van der Waals surface area contributed by atoms with Gasteiger partial charge in [-0.1, -0.05) is 18.2 Å². The predicted molar refractivity (Wildman–Crippen MR) is 97.4 cm³/mol. The van der Waals surface area contributed by atoms with E-state index in [0.29, 0.717) is 17.3 Å². The lowest BCUT2D eigenvalue weighted by molar-refractivity contribution is 0.0596. The van der Waals surface area contributed by atoms with Crippen molar-refractivity contribution >= 4 is 17.5 Å². The number of methoxy groups -OCH3 is 2. The van der Waals surface area contributed by atoms with Crippen LogP contribution in [0.4, 0.5) is 11.5 Å². The first kappa shape index (κ1) is 17.1. The first-order chi connectivity index (χ1) is 12.2. The van der Waals surface area contributed by atoms with Crippen molar-refractivity contribution in [3.63, 3.8) is 0 Å². The number of rotatable bonds is 6. The Kier molecular flexibility index (Phi) is 5.38. The summed E-state index contributed by atoms with van der Waals surface area (Å²) in [6.45, 7) is 2.92. The maximum Gasteiger partial charge on any atom is 0.343 e. The predicted octanol–water partition coefficient (Wildman–Crippen LogP) is 2.82.